The lowest BCUT2D eigenvalue weighted by atomic mass is 10.2. The first-order valence-electron chi connectivity index (χ1n) is 4.44. The maximum Gasteiger partial charge on any atom is 0.0841 e. The number of hydrogen-bond donors (Lipinski definition) is 1. The highest BCUT2D eigenvalue weighted by Crippen LogP contribution is 1.95. The summed E-state index contributed by atoms with van der Waals surface area (Å²) in [6, 6.07) is 0.298. The molecule has 12 heavy (non-hydrogen) atoms. The molecule has 2 N–H and O–H groups in total. The molecule has 0 aromatic heterocycles. The second-order valence-corrected chi connectivity index (χ2v) is 3.10. The maximum atomic E-state index is 5.66. The van der Waals surface area contributed by atoms with Crippen LogP contribution in [-0.2, 0) is 4.74 Å². The lowest BCUT2D eigenvalue weighted by Gasteiger charge is -2.11. The zero-order valence-corrected chi connectivity index (χ0v) is 8.50. The van der Waals surface area contributed by atoms with Gasteiger partial charge < -0.3 is 10.5 Å². The van der Waals surface area contributed by atoms with Gasteiger partial charge in [-0.2, -0.15) is 0 Å². The number of nitrogens with zero attached hydrogens (tertiary/aromatic N) is 1. The first-order valence-corrected chi connectivity index (χ1v) is 4.44. The van der Waals surface area contributed by atoms with Crippen molar-refractivity contribution in [3.63, 3.8) is 0 Å². The smallest absolute Gasteiger partial charge is 0.0841 e. The van der Waals surface area contributed by atoms with Gasteiger partial charge in [0.1, 0.15) is 0 Å². The highest BCUT2D eigenvalue weighted by molar-refractivity contribution is 5.83. The SMILES string of the molecule is CCOCC(C)=NC(C)C(C)N. The summed E-state index contributed by atoms with van der Waals surface area (Å²) in [4.78, 5) is 4.38. The summed E-state index contributed by atoms with van der Waals surface area (Å²) in [5, 5.41) is 0. The van der Waals surface area contributed by atoms with Crippen molar-refractivity contribution < 1.29 is 4.74 Å². The molecule has 0 heterocycles. The summed E-state index contributed by atoms with van der Waals surface area (Å²) in [5.74, 6) is 0. The van der Waals surface area contributed by atoms with Gasteiger partial charge in [-0.1, -0.05) is 0 Å². The van der Waals surface area contributed by atoms with E-state index < -0.39 is 0 Å². The topological polar surface area (TPSA) is 47.6 Å². The van der Waals surface area contributed by atoms with Gasteiger partial charge in [0.05, 0.1) is 12.6 Å². The van der Waals surface area contributed by atoms with Crippen LogP contribution in [0, 0.1) is 0 Å². The van der Waals surface area contributed by atoms with E-state index in [0.29, 0.717) is 6.61 Å². The molecule has 0 aliphatic heterocycles. The molecule has 0 radical (unpaired) electrons. The summed E-state index contributed by atoms with van der Waals surface area (Å²) < 4.78 is 5.20. The van der Waals surface area contributed by atoms with E-state index in [4.69, 9.17) is 10.5 Å². The number of aliphatic imine (C=N–C) groups is 1. The van der Waals surface area contributed by atoms with Crippen LogP contribution in [0.4, 0.5) is 0 Å². The molecule has 0 fully saturated rings. The number of rotatable bonds is 5. The van der Waals surface area contributed by atoms with Gasteiger partial charge in [0.25, 0.3) is 0 Å². The number of ether oxygens (including phenoxy) is 1. The predicted octanol–water partition coefficient (Wildman–Crippen LogP) is 1.22. The van der Waals surface area contributed by atoms with Gasteiger partial charge in [0.15, 0.2) is 0 Å². The van der Waals surface area contributed by atoms with E-state index in [1.807, 2.05) is 27.7 Å². The van der Waals surface area contributed by atoms with Gasteiger partial charge in [-0.3, -0.25) is 4.99 Å². The van der Waals surface area contributed by atoms with E-state index in [0.717, 1.165) is 12.3 Å². The van der Waals surface area contributed by atoms with E-state index in [1.165, 1.54) is 0 Å². The van der Waals surface area contributed by atoms with Crippen molar-refractivity contribution in [2.24, 2.45) is 10.7 Å². The monoisotopic (exact) mass is 172 g/mol. The Morgan fingerprint density at radius 3 is 2.50 bits per heavy atom. The van der Waals surface area contributed by atoms with Gasteiger partial charge in [-0.25, -0.2) is 0 Å². The average molecular weight is 172 g/mol. The Morgan fingerprint density at radius 2 is 2.08 bits per heavy atom. The van der Waals surface area contributed by atoms with Crippen molar-refractivity contribution in [3.05, 3.63) is 0 Å². The largest absolute Gasteiger partial charge is 0.376 e. The molecule has 0 aromatic rings. The second-order valence-electron chi connectivity index (χ2n) is 3.10. The molecule has 0 amide bonds. The van der Waals surface area contributed by atoms with Crippen molar-refractivity contribution in [1.29, 1.82) is 0 Å². The van der Waals surface area contributed by atoms with Gasteiger partial charge in [0, 0.05) is 18.4 Å². The van der Waals surface area contributed by atoms with Crippen molar-refractivity contribution in [3.8, 4) is 0 Å². The summed E-state index contributed by atoms with van der Waals surface area (Å²) in [5.41, 5.74) is 6.68. The zero-order chi connectivity index (χ0) is 9.56. The Labute approximate surface area is 75.0 Å². The highest BCUT2D eigenvalue weighted by atomic mass is 16.5. The summed E-state index contributed by atoms with van der Waals surface area (Å²) in [6.07, 6.45) is 0. The molecule has 0 aromatic carbocycles. The third-order valence-electron chi connectivity index (χ3n) is 1.70. The summed E-state index contributed by atoms with van der Waals surface area (Å²) in [7, 11) is 0. The normalized spacial score (nSPS) is 17.6. The predicted molar refractivity (Wildman–Crippen MR) is 52.7 cm³/mol. The molecule has 0 aliphatic carbocycles. The molecular weight excluding hydrogens is 152 g/mol. The molecule has 2 unspecified atom stereocenters. The second kappa shape index (κ2) is 6.14. The molecule has 0 saturated carbocycles. The quantitative estimate of drug-likeness (QED) is 0.634. The van der Waals surface area contributed by atoms with Crippen molar-refractivity contribution >= 4 is 5.71 Å². The standard InChI is InChI=1S/C9H20N2O/c1-5-12-6-7(2)11-9(4)8(3)10/h8-9H,5-6,10H2,1-4H3. The zero-order valence-electron chi connectivity index (χ0n) is 8.50. The molecule has 0 aliphatic rings. The first kappa shape index (κ1) is 11.6. The van der Waals surface area contributed by atoms with Gasteiger partial charge >= 0.3 is 0 Å². The lowest BCUT2D eigenvalue weighted by molar-refractivity contribution is 0.186. The molecule has 2 atom stereocenters. The van der Waals surface area contributed by atoms with Gasteiger partial charge in [0.2, 0.25) is 0 Å². The van der Waals surface area contributed by atoms with Gasteiger partial charge in [-0.15, -0.1) is 0 Å². The van der Waals surface area contributed by atoms with E-state index >= 15 is 0 Å². The fourth-order valence-corrected chi connectivity index (χ4v) is 0.752. The minimum Gasteiger partial charge on any atom is -0.376 e. The van der Waals surface area contributed by atoms with Crippen molar-refractivity contribution in [1.82, 2.24) is 0 Å². The maximum absolute atomic E-state index is 5.66. The van der Waals surface area contributed by atoms with E-state index in [-0.39, 0.29) is 12.1 Å². The van der Waals surface area contributed by atoms with Crippen LogP contribution < -0.4 is 5.73 Å². The number of nitrogens with two attached hydrogens (primary N) is 1. The van der Waals surface area contributed by atoms with Gasteiger partial charge in [-0.05, 0) is 27.7 Å². The van der Waals surface area contributed by atoms with Crippen LogP contribution in [0.2, 0.25) is 0 Å². The third kappa shape index (κ3) is 5.27. The lowest BCUT2D eigenvalue weighted by Crippen LogP contribution is -2.28. The van der Waals surface area contributed by atoms with Crippen LogP contribution >= 0.6 is 0 Å². The van der Waals surface area contributed by atoms with Crippen molar-refractivity contribution in [2.45, 2.75) is 39.8 Å². The Kier molecular flexibility index (Phi) is 5.93. The Morgan fingerprint density at radius 1 is 1.50 bits per heavy atom. The molecule has 3 heteroatoms. The van der Waals surface area contributed by atoms with E-state index in [9.17, 15) is 0 Å². The molecule has 3 nitrogen and oxygen atoms in total. The van der Waals surface area contributed by atoms with Crippen LogP contribution in [-0.4, -0.2) is 31.0 Å². The minimum atomic E-state index is 0.113. The minimum absolute atomic E-state index is 0.113. The average Bonchev–Trinajstić information content (AvgIpc) is 2.00. The molecule has 0 bridgehead atoms. The fourth-order valence-electron chi connectivity index (χ4n) is 0.752. The summed E-state index contributed by atoms with van der Waals surface area (Å²) in [6.45, 7) is 9.27. The van der Waals surface area contributed by atoms with Crippen LogP contribution in [0.5, 0.6) is 0 Å². The molecule has 0 rings (SSSR count). The molecular formula is C9H20N2O. The fraction of sp³-hybridized carbons (Fsp3) is 0.889. The van der Waals surface area contributed by atoms with E-state index in [1.54, 1.807) is 0 Å². The molecule has 72 valence electrons. The summed E-state index contributed by atoms with van der Waals surface area (Å²) >= 11 is 0. The Balaban J connectivity index is 3.80. The van der Waals surface area contributed by atoms with E-state index in [2.05, 4.69) is 4.99 Å². The Hall–Kier alpha value is -0.410. The Bertz CT molecular complexity index is 143. The van der Waals surface area contributed by atoms with Crippen LogP contribution in [0.1, 0.15) is 27.7 Å². The van der Waals surface area contributed by atoms with Crippen LogP contribution in [0.3, 0.4) is 0 Å². The van der Waals surface area contributed by atoms with Crippen molar-refractivity contribution in [2.75, 3.05) is 13.2 Å². The highest BCUT2D eigenvalue weighted by Gasteiger charge is 2.04. The first-order chi connectivity index (χ1) is 5.57. The van der Waals surface area contributed by atoms with Crippen LogP contribution in [0.15, 0.2) is 4.99 Å². The molecule has 0 saturated heterocycles. The van der Waals surface area contributed by atoms with Crippen LogP contribution in [0.25, 0.3) is 0 Å². The third-order valence-corrected chi connectivity index (χ3v) is 1.70. The number of hydrogen-bond acceptors (Lipinski definition) is 3. The molecule has 0 spiro atoms.